The molecule has 0 saturated carbocycles. The van der Waals surface area contributed by atoms with Crippen molar-refractivity contribution in [2.75, 3.05) is 13.2 Å². The summed E-state index contributed by atoms with van der Waals surface area (Å²) in [6, 6.07) is -0.665. The lowest BCUT2D eigenvalue weighted by molar-refractivity contribution is -0.163. The molecular weight excluding hydrogens is 336 g/mol. The zero-order valence-corrected chi connectivity index (χ0v) is 16.5. The highest BCUT2D eigenvalue weighted by molar-refractivity contribution is 5.88. The molecule has 0 aliphatic heterocycles. The summed E-state index contributed by atoms with van der Waals surface area (Å²) in [6.07, 6.45) is 2.87. The molecule has 26 heavy (non-hydrogen) atoms. The molecule has 0 bridgehead atoms. The third kappa shape index (κ3) is 6.52. The standard InChI is InChI=1S/C19H32N2O5/c1-6-25-17(22)13-7-8-14(16(10-13)21-24)15(9-12(2)11-20)18(23)26-19(3,4)5/h7,12,14-16H,6,8-11,20H2,1-5H3/t12-,14?,15?,16?/m0/s1. The molecule has 0 spiro atoms. The Morgan fingerprint density at radius 1 is 1.38 bits per heavy atom. The summed E-state index contributed by atoms with van der Waals surface area (Å²) in [4.78, 5) is 36.2. The third-order valence-electron chi connectivity index (χ3n) is 4.52. The molecule has 0 aromatic heterocycles. The molecule has 1 rings (SSSR count). The molecule has 7 nitrogen and oxygen atoms in total. The van der Waals surface area contributed by atoms with Gasteiger partial charge in [0.1, 0.15) is 11.6 Å². The Labute approximate surface area is 155 Å². The topological polar surface area (TPSA) is 108 Å². The molecule has 2 N–H and O–H groups in total. The van der Waals surface area contributed by atoms with Crippen LogP contribution in [0.15, 0.2) is 16.8 Å². The van der Waals surface area contributed by atoms with Crippen LogP contribution in [-0.4, -0.2) is 36.7 Å². The second kappa shape index (κ2) is 9.80. The fourth-order valence-electron chi connectivity index (χ4n) is 3.19. The first kappa shape index (κ1) is 22.3. The van der Waals surface area contributed by atoms with Crippen molar-refractivity contribution < 1.29 is 19.1 Å². The van der Waals surface area contributed by atoms with Crippen LogP contribution in [0.25, 0.3) is 0 Å². The van der Waals surface area contributed by atoms with Crippen LogP contribution in [0.3, 0.4) is 0 Å². The number of carbonyl (C=O) groups excluding carboxylic acids is 2. The van der Waals surface area contributed by atoms with Gasteiger partial charge in [-0.25, -0.2) is 4.79 Å². The third-order valence-corrected chi connectivity index (χ3v) is 4.52. The van der Waals surface area contributed by atoms with Gasteiger partial charge in [0.25, 0.3) is 0 Å². The van der Waals surface area contributed by atoms with Gasteiger partial charge in [0, 0.05) is 17.9 Å². The summed E-state index contributed by atoms with van der Waals surface area (Å²) in [5, 5.41) is 3.22. The van der Waals surface area contributed by atoms with Crippen LogP contribution in [0.5, 0.6) is 0 Å². The van der Waals surface area contributed by atoms with Gasteiger partial charge < -0.3 is 15.2 Å². The highest BCUT2D eigenvalue weighted by atomic mass is 16.6. The van der Waals surface area contributed by atoms with Crippen molar-refractivity contribution in [2.45, 2.75) is 65.5 Å². The second-order valence-corrected chi connectivity index (χ2v) is 7.94. The Hall–Kier alpha value is -1.76. The van der Waals surface area contributed by atoms with Gasteiger partial charge in [-0.1, -0.05) is 18.2 Å². The fourth-order valence-corrected chi connectivity index (χ4v) is 3.19. The van der Waals surface area contributed by atoms with E-state index in [0.29, 0.717) is 25.0 Å². The molecule has 4 atom stereocenters. The fraction of sp³-hybridized carbons (Fsp3) is 0.789. The van der Waals surface area contributed by atoms with Crippen molar-refractivity contribution in [3.05, 3.63) is 16.6 Å². The number of nitrogens with two attached hydrogens (primary N) is 1. The summed E-state index contributed by atoms with van der Waals surface area (Å²) in [7, 11) is 0. The van der Waals surface area contributed by atoms with Gasteiger partial charge in [-0.05, 0) is 53.0 Å². The highest BCUT2D eigenvalue weighted by Crippen LogP contribution is 2.36. The zero-order chi connectivity index (χ0) is 19.9. The van der Waals surface area contributed by atoms with Crippen LogP contribution in [0.1, 0.15) is 53.9 Å². The summed E-state index contributed by atoms with van der Waals surface area (Å²) >= 11 is 0. The molecular formula is C19H32N2O5. The quantitative estimate of drug-likeness (QED) is 0.521. The first-order chi connectivity index (χ1) is 12.1. The lowest BCUT2D eigenvalue weighted by Crippen LogP contribution is -2.39. The van der Waals surface area contributed by atoms with Gasteiger partial charge in [-0.2, -0.15) is 4.91 Å². The number of hydrogen-bond donors (Lipinski definition) is 1. The molecule has 0 saturated heterocycles. The van der Waals surface area contributed by atoms with Gasteiger partial charge >= 0.3 is 11.9 Å². The summed E-state index contributed by atoms with van der Waals surface area (Å²) in [5.74, 6) is -1.46. The van der Waals surface area contributed by atoms with Gasteiger partial charge in [0.15, 0.2) is 0 Å². The minimum Gasteiger partial charge on any atom is -0.463 e. The molecule has 0 fully saturated rings. The Morgan fingerprint density at radius 3 is 2.54 bits per heavy atom. The largest absolute Gasteiger partial charge is 0.463 e. The Kier molecular flexibility index (Phi) is 8.40. The average molecular weight is 368 g/mol. The lowest BCUT2D eigenvalue weighted by atomic mass is 9.74. The molecule has 1 aliphatic carbocycles. The predicted molar refractivity (Wildman–Crippen MR) is 99.2 cm³/mol. The van der Waals surface area contributed by atoms with Crippen LogP contribution in [0.2, 0.25) is 0 Å². The van der Waals surface area contributed by atoms with Crippen LogP contribution < -0.4 is 5.73 Å². The number of carbonyl (C=O) groups is 2. The van der Waals surface area contributed by atoms with Gasteiger partial charge in [0.05, 0.1) is 12.5 Å². The molecule has 0 heterocycles. The lowest BCUT2D eigenvalue weighted by Gasteiger charge is -2.34. The van der Waals surface area contributed by atoms with Crippen molar-refractivity contribution in [3.8, 4) is 0 Å². The molecule has 0 radical (unpaired) electrons. The predicted octanol–water partition coefficient (Wildman–Crippen LogP) is 2.96. The number of allylic oxidation sites excluding steroid dienone is 1. The number of ether oxygens (including phenoxy) is 2. The zero-order valence-electron chi connectivity index (χ0n) is 16.5. The van der Waals surface area contributed by atoms with Crippen molar-refractivity contribution in [3.63, 3.8) is 0 Å². The minimum absolute atomic E-state index is 0.107. The van der Waals surface area contributed by atoms with Crippen LogP contribution in [-0.2, 0) is 19.1 Å². The Morgan fingerprint density at radius 2 is 2.04 bits per heavy atom. The van der Waals surface area contributed by atoms with Gasteiger partial charge in [0.2, 0.25) is 0 Å². The molecule has 0 aromatic carbocycles. The van der Waals surface area contributed by atoms with Gasteiger partial charge in [-0.3, -0.25) is 4.79 Å². The summed E-state index contributed by atoms with van der Waals surface area (Å²) in [5.41, 5.74) is 5.56. The smallest absolute Gasteiger partial charge is 0.333 e. The second-order valence-electron chi connectivity index (χ2n) is 7.94. The maximum atomic E-state index is 12.8. The van der Waals surface area contributed by atoms with E-state index in [2.05, 4.69) is 5.18 Å². The van der Waals surface area contributed by atoms with Crippen molar-refractivity contribution >= 4 is 11.9 Å². The van der Waals surface area contributed by atoms with Crippen molar-refractivity contribution in [1.82, 2.24) is 0 Å². The highest BCUT2D eigenvalue weighted by Gasteiger charge is 2.40. The van der Waals surface area contributed by atoms with E-state index >= 15 is 0 Å². The normalized spacial score (nSPS) is 22.8. The van der Waals surface area contributed by atoms with E-state index in [1.54, 1.807) is 13.0 Å². The van der Waals surface area contributed by atoms with E-state index in [1.807, 2.05) is 27.7 Å². The number of esters is 2. The van der Waals surface area contributed by atoms with E-state index in [0.717, 1.165) is 0 Å². The molecule has 1 aliphatic rings. The first-order valence-corrected chi connectivity index (χ1v) is 9.24. The molecule has 148 valence electrons. The van der Waals surface area contributed by atoms with Crippen LogP contribution in [0.4, 0.5) is 0 Å². The van der Waals surface area contributed by atoms with E-state index in [9.17, 15) is 14.5 Å². The maximum absolute atomic E-state index is 12.8. The number of rotatable bonds is 8. The number of nitroso groups, excluding NO2 is 1. The van der Waals surface area contributed by atoms with Crippen molar-refractivity contribution in [1.29, 1.82) is 0 Å². The Balaban J connectivity index is 3.05. The van der Waals surface area contributed by atoms with E-state index in [-0.39, 0.29) is 30.8 Å². The van der Waals surface area contributed by atoms with E-state index in [1.165, 1.54) is 0 Å². The number of hydrogen-bond acceptors (Lipinski definition) is 7. The minimum atomic E-state index is -0.665. The van der Waals surface area contributed by atoms with Crippen LogP contribution >= 0.6 is 0 Å². The maximum Gasteiger partial charge on any atom is 0.333 e. The average Bonchev–Trinajstić information content (AvgIpc) is 2.57. The monoisotopic (exact) mass is 368 g/mol. The SMILES string of the molecule is CCOC(=O)C1=CCC(C(C[C@H](C)CN)C(=O)OC(C)(C)C)C(N=O)C1. The molecule has 0 amide bonds. The molecule has 3 unspecified atom stereocenters. The molecule has 0 aromatic rings. The summed E-state index contributed by atoms with van der Waals surface area (Å²) in [6.45, 7) is 9.83. The Bertz CT molecular complexity index is 539. The summed E-state index contributed by atoms with van der Waals surface area (Å²) < 4.78 is 10.6. The van der Waals surface area contributed by atoms with E-state index in [4.69, 9.17) is 15.2 Å². The van der Waals surface area contributed by atoms with Crippen LogP contribution in [0, 0.1) is 22.7 Å². The first-order valence-electron chi connectivity index (χ1n) is 9.24. The van der Waals surface area contributed by atoms with Gasteiger partial charge in [-0.15, -0.1) is 0 Å². The van der Waals surface area contributed by atoms with Crippen molar-refractivity contribution in [2.24, 2.45) is 28.7 Å². The van der Waals surface area contributed by atoms with E-state index < -0.39 is 23.5 Å². The molecule has 7 heteroatoms. The number of nitrogens with zero attached hydrogens (tertiary/aromatic N) is 1.